The molecule has 1 heteroatoms. The van der Waals surface area contributed by atoms with Crippen molar-refractivity contribution >= 4 is 70.9 Å². The fraction of sp³-hybridized carbons (Fsp3) is 0.0638. The number of nitrogens with zero attached hydrogens (tertiary/aromatic N) is 1. The fourth-order valence-electron chi connectivity index (χ4n) is 8.45. The Balaban J connectivity index is 1.28. The van der Waals surface area contributed by atoms with Crippen LogP contribution in [-0.4, -0.2) is 0 Å². The van der Waals surface area contributed by atoms with Crippen molar-refractivity contribution in [2.24, 2.45) is 0 Å². The van der Waals surface area contributed by atoms with Gasteiger partial charge in [-0.05, 0) is 101 Å². The molecule has 0 spiro atoms. The maximum Gasteiger partial charge on any atom is 0.0540 e. The van der Waals surface area contributed by atoms with Crippen LogP contribution >= 0.6 is 0 Å². The lowest BCUT2D eigenvalue weighted by atomic mass is 9.82. The van der Waals surface area contributed by atoms with Crippen LogP contribution in [0.4, 0.5) is 17.1 Å². The van der Waals surface area contributed by atoms with E-state index in [1.54, 1.807) is 0 Å². The molecule has 1 aliphatic rings. The third kappa shape index (κ3) is 3.85. The van der Waals surface area contributed by atoms with Crippen molar-refractivity contribution in [2.45, 2.75) is 19.3 Å². The number of fused-ring (bicyclic) bond motifs is 11. The van der Waals surface area contributed by atoms with E-state index in [1.165, 1.54) is 81.8 Å². The molecular weight excluding hydrogens is 579 g/mol. The standard InChI is InChI=1S/C47H33N/c1-47(2)42-16-8-7-14-38(42)41-29-36(25-27-43(41)47)48(35-24-22-30-10-3-4-12-34(30)28-35)44-17-9-15-40-39(44)26-23-33-21-20-32-19-18-31-11-5-6-13-37(31)45(32)46(33)40/h3-29H,1-2H3. The summed E-state index contributed by atoms with van der Waals surface area (Å²) in [6.45, 7) is 4.70. The van der Waals surface area contributed by atoms with Crippen molar-refractivity contribution in [3.63, 3.8) is 0 Å². The Morgan fingerprint density at radius 2 is 0.958 bits per heavy atom. The maximum atomic E-state index is 2.47. The monoisotopic (exact) mass is 611 g/mol. The average molecular weight is 612 g/mol. The first-order chi connectivity index (χ1) is 23.6. The van der Waals surface area contributed by atoms with Gasteiger partial charge in [-0.2, -0.15) is 0 Å². The third-order valence-electron chi connectivity index (χ3n) is 10.8. The van der Waals surface area contributed by atoms with Gasteiger partial charge < -0.3 is 4.90 Å². The molecular formula is C47H33N. The Labute approximate surface area is 280 Å². The molecule has 0 atom stereocenters. The Bertz CT molecular complexity index is 2760. The molecule has 0 fully saturated rings. The van der Waals surface area contributed by atoms with Crippen LogP contribution in [0.2, 0.25) is 0 Å². The van der Waals surface area contributed by atoms with Gasteiger partial charge in [0, 0.05) is 22.2 Å². The Hall–Kier alpha value is -5.92. The minimum Gasteiger partial charge on any atom is -0.310 e. The summed E-state index contributed by atoms with van der Waals surface area (Å²) in [6.07, 6.45) is 0. The highest BCUT2D eigenvalue weighted by atomic mass is 15.1. The lowest BCUT2D eigenvalue weighted by Crippen LogP contribution is -2.15. The van der Waals surface area contributed by atoms with E-state index in [4.69, 9.17) is 0 Å². The summed E-state index contributed by atoms with van der Waals surface area (Å²) in [5, 5.41) is 12.7. The first-order valence-electron chi connectivity index (χ1n) is 16.9. The molecule has 10 rings (SSSR count). The van der Waals surface area contributed by atoms with E-state index in [0.29, 0.717) is 0 Å². The van der Waals surface area contributed by atoms with Gasteiger partial charge in [-0.25, -0.2) is 0 Å². The third-order valence-corrected chi connectivity index (χ3v) is 10.8. The highest BCUT2D eigenvalue weighted by molar-refractivity contribution is 6.28. The minimum atomic E-state index is -0.0412. The van der Waals surface area contributed by atoms with Gasteiger partial charge >= 0.3 is 0 Å². The summed E-state index contributed by atoms with van der Waals surface area (Å²) >= 11 is 0. The summed E-state index contributed by atoms with van der Waals surface area (Å²) in [4.78, 5) is 2.47. The summed E-state index contributed by atoms with van der Waals surface area (Å²) in [6, 6.07) is 60.8. The predicted molar refractivity (Wildman–Crippen MR) is 206 cm³/mol. The van der Waals surface area contributed by atoms with Crippen molar-refractivity contribution < 1.29 is 0 Å². The Kier molecular flexibility index (Phi) is 5.69. The van der Waals surface area contributed by atoms with E-state index in [1.807, 2.05) is 0 Å². The van der Waals surface area contributed by atoms with Gasteiger partial charge in [0.25, 0.3) is 0 Å². The Morgan fingerprint density at radius 1 is 0.375 bits per heavy atom. The topological polar surface area (TPSA) is 3.24 Å². The molecule has 0 amide bonds. The van der Waals surface area contributed by atoms with E-state index in [-0.39, 0.29) is 5.41 Å². The largest absolute Gasteiger partial charge is 0.310 e. The van der Waals surface area contributed by atoms with Crippen LogP contribution in [0.3, 0.4) is 0 Å². The molecule has 9 aromatic rings. The van der Waals surface area contributed by atoms with E-state index in [2.05, 4.69) is 183 Å². The van der Waals surface area contributed by atoms with Crippen LogP contribution in [-0.2, 0) is 5.41 Å². The van der Waals surface area contributed by atoms with E-state index in [9.17, 15) is 0 Å². The predicted octanol–water partition coefficient (Wildman–Crippen LogP) is 13.2. The maximum absolute atomic E-state index is 2.47. The average Bonchev–Trinajstić information content (AvgIpc) is 3.36. The minimum absolute atomic E-state index is 0.0412. The quantitative estimate of drug-likeness (QED) is 0.180. The molecule has 0 aromatic heterocycles. The highest BCUT2D eigenvalue weighted by Gasteiger charge is 2.35. The van der Waals surface area contributed by atoms with Crippen LogP contribution < -0.4 is 4.90 Å². The highest BCUT2D eigenvalue weighted by Crippen LogP contribution is 2.51. The fourth-order valence-corrected chi connectivity index (χ4v) is 8.45. The smallest absolute Gasteiger partial charge is 0.0540 e. The van der Waals surface area contributed by atoms with Crippen LogP contribution in [0.1, 0.15) is 25.0 Å². The molecule has 48 heavy (non-hydrogen) atoms. The van der Waals surface area contributed by atoms with Crippen molar-refractivity contribution in [3.8, 4) is 11.1 Å². The number of anilines is 3. The Morgan fingerprint density at radius 3 is 1.81 bits per heavy atom. The van der Waals surface area contributed by atoms with Gasteiger partial charge in [0.05, 0.1) is 5.69 Å². The molecule has 0 N–H and O–H groups in total. The molecule has 0 aliphatic heterocycles. The van der Waals surface area contributed by atoms with Crippen LogP contribution in [0, 0.1) is 0 Å². The van der Waals surface area contributed by atoms with Gasteiger partial charge in [0.15, 0.2) is 0 Å². The first-order valence-corrected chi connectivity index (χ1v) is 16.9. The second kappa shape index (κ2) is 10.0. The van der Waals surface area contributed by atoms with Gasteiger partial charge in [0.2, 0.25) is 0 Å². The summed E-state index contributed by atoms with van der Waals surface area (Å²) in [5.41, 5.74) is 8.87. The molecule has 0 radical (unpaired) electrons. The van der Waals surface area contributed by atoms with E-state index < -0.39 is 0 Å². The van der Waals surface area contributed by atoms with Crippen LogP contribution in [0.15, 0.2) is 164 Å². The van der Waals surface area contributed by atoms with E-state index >= 15 is 0 Å². The van der Waals surface area contributed by atoms with Crippen molar-refractivity contribution in [3.05, 3.63) is 175 Å². The SMILES string of the molecule is CC1(C)c2ccccc2-c2cc(N(c3ccc4ccccc4c3)c3cccc4c3ccc3ccc5ccc6ccccc6c5c34)ccc21. The van der Waals surface area contributed by atoms with Crippen molar-refractivity contribution in [2.75, 3.05) is 4.90 Å². The van der Waals surface area contributed by atoms with Gasteiger partial charge in [-0.15, -0.1) is 0 Å². The molecule has 1 nitrogen and oxygen atoms in total. The summed E-state index contributed by atoms with van der Waals surface area (Å²) in [5.74, 6) is 0. The lowest BCUT2D eigenvalue weighted by molar-refractivity contribution is 0.660. The molecule has 1 aliphatic carbocycles. The zero-order valence-corrected chi connectivity index (χ0v) is 27.0. The second-order valence-corrected chi connectivity index (χ2v) is 13.8. The van der Waals surface area contributed by atoms with Gasteiger partial charge in [-0.3, -0.25) is 0 Å². The normalized spacial score (nSPS) is 13.4. The summed E-state index contributed by atoms with van der Waals surface area (Å²) in [7, 11) is 0. The molecule has 0 bridgehead atoms. The number of hydrogen-bond acceptors (Lipinski definition) is 1. The first kappa shape index (κ1) is 27.2. The molecule has 226 valence electrons. The second-order valence-electron chi connectivity index (χ2n) is 13.8. The van der Waals surface area contributed by atoms with Crippen molar-refractivity contribution in [1.29, 1.82) is 0 Å². The molecule has 0 saturated carbocycles. The molecule has 0 saturated heterocycles. The lowest BCUT2D eigenvalue weighted by Gasteiger charge is -2.29. The number of benzene rings is 9. The van der Waals surface area contributed by atoms with E-state index in [0.717, 1.165) is 11.4 Å². The zero-order valence-electron chi connectivity index (χ0n) is 27.0. The molecule has 0 heterocycles. The van der Waals surface area contributed by atoms with Crippen molar-refractivity contribution in [1.82, 2.24) is 0 Å². The molecule has 0 unspecified atom stereocenters. The van der Waals surface area contributed by atoms with Crippen LogP contribution in [0.5, 0.6) is 0 Å². The number of rotatable bonds is 3. The van der Waals surface area contributed by atoms with Crippen LogP contribution in [0.25, 0.3) is 65.0 Å². The van der Waals surface area contributed by atoms with Gasteiger partial charge in [-0.1, -0.05) is 147 Å². The van der Waals surface area contributed by atoms with Gasteiger partial charge in [0.1, 0.15) is 0 Å². The molecule has 9 aromatic carbocycles. The number of hydrogen-bond donors (Lipinski definition) is 0. The summed E-state index contributed by atoms with van der Waals surface area (Å²) < 4.78 is 0. The zero-order chi connectivity index (χ0) is 32.0.